The van der Waals surface area contributed by atoms with Crippen molar-refractivity contribution in [3.63, 3.8) is 0 Å². The van der Waals surface area contributed by atoms with Gasteiger partial charge >= 0.3 is 12.2 Å². The van der Waals surface area contributed by atoms with Crippen molar-refractivity contribution >= 4 is 28.4 Å². The van der Waals surface area contributed by atoms with E-state index in [1.807, 2.05) is 0 Å². The van der Waals surface area contributed by atoms with E-state index in [-0.39, 0.29) is 15.7 Å². The zero-order valence-electron chi connectivity index (χ0n) is 7.99. The SMILES string of the molecule is NCc1c(I)cnc([N+](=O)[O-])c1OC(F)(F)F. The molecule has 10 heteroatoms. The van der Waals surface area contributed by atoms with Crippen LogP contribution in [0.15, 0.2) is 6.20 Å². The highest BCUT2D eigenvalue weighted by atomic mass is 127. The Bertz CT molecular complexity index is 452. The van der Waals surface area contributed by atoms with Crippen LogP contribution in [0.2, 0.25) is 0 Å². The van der Waals surface area contributed by atoms with Crippen molar-refractivity contribution in [1.29, 1.82) is 0 Å². The molecule has 0 saturated heterocycles. The third-order valence-electron chi connectivity index (χ3n) is 1.66. The monoisotopic (exact) mass is 363 g/mol. The summed E-state index contributed by atoms with van der Waals surface area (Å²) in [6.45, 7) is -0.326. The molecule has 0 bridgehead atoms. The fourth-order valence-electron chi connectivity index (χ4n) is 1.04. The van der Waals surface area contributed by atoms with Crippen LogP contribution in [0.1, 0.15) is 5.56 Å². The van der Waals surface area contributed by atoms with Gasteiger partial charge < -0.3 is 20.6 Å². The molecule has 1 aromatic rings. The summed E-state index contributed by atoms with van der Waals surface area (Å²) in [6.07, 6.45) is -3.98. The fraction of sp³-hybridized carbons (Fsp3) is 0.286. The van der Waals surface area contributed by atoms with Crippen molar-refractivity contribution in [3.05, 3.63) is 25.4 Å². The average molecular weight is 363 g/mol. The molecule has 0 atom stereocenters. The molecule has 1 aromatic heterocycles. The zero-order valence-corrected chi connectivity index (χ0v) is 10.2. The van der Waals surface area contributed by atoms with Crippen molar-refractivity contribution < 1.29 is 22.8 Å². The second-order valence-electron chi connectivity index (χ2n) is 2.75. The van der Waals surface area contributed by atoms with Crippen LogP contribution >= 0.6 is 22.6 Å². The van der Waals surface area contributed by atoms with E-state index in [4.69, 9.17) is 5.73 Å². The molecule has 0 aliphatic carbocycles. The van der Waals surface area contributed by atoms with Crippen LogP contribution in [-0.4, -0.2) is 16.3 Å². The molecule has 2 N–H and O–H groups in total. The Morgan fingerprint density at radius 2 is 2.18 bits per heavy atom. The summed E-state index contributed by atoms with van der Waals surface area (Å²) in [6, 6.07) is 0. The maximum absolute atomic E-state index is 12.1. The number of nitro groups is 1. The van der Waals surface area contributed by atoms with E-state index in [1.165, 1.54) is 0 Å². The van der Waals surface area contributed by atoms with E-state index in [0.717, 1.165) is 6.20 Å². The van der Waals surface area contributed by atoms with Crippen LogP contribution in [0.5, 0.6) is 5.75 Å². The molecular weight excluding hydrogens is 358 g/mol. The topological polar surface area (TPSA) is 91.3 Å². The highest BCUT2D eigenvalue weighted by molar-refractivity contribution is 14.1. The van der Waals surface area contributed by atoms with Gasteiger partial charge in [0, 0.05) is 12.1 Å². The van der Waals surface area contributed by atoms with E-state index in [1.54, 1.807) is 22.6 Å². The number of hydrogen-bond acceptors (Lipinski definition) is 5. The summed E-state index contributed by atoms with van der Waals surface area (Å²) in [5.41, 5.74) is 5.13. The van der Waals surface area contributed by atoms with Gasteiger partial charge in [-0.3, -0.25) is 0 Å². The Labute approximate surface area is 106 Å². The van der Waals surface area contributed by atoms with Crippen LogP contribution in [0, 0.1) is 13.7 Å². The molecule has 0 spiro atoms. The Morgan fingerprint density at radius 1 is 1.59 bits per heavy atom. The van der Waals surface area contributed by atoms with Gasteiger partial charge in [-0.15, -0.1) is 13.2 Å². The second-order valence-corrected chi connectivity index (χ2v) is 3.91. The maximum atomic E-state index is 12.1. The maximum Gasteiger partial charge on any atom is 0.573 e. The van der Waals surface area contributed by atoms with Gasteiger partial charge in [0.25, 0.3) is 0 Å². The third-order valence-corrected chi connectivity index (χ3v) is 2.59. The number of pyridine rings is 1. The van der Waals surface area contributed by atoms with Crippen LogP contribution in [-0.2, 0) is 6.54 Å². The van der Waals surface area contributed by atoms with Crippen LogP contribution in [0.3, 0.4) is 0 Å². The molecule has 0 aliphatic rings. The van der Waals surface area contributed by atoms with Crippen LogP contribution in [0.4, 0.5) is 19.0 Å². The minimum Gasteiger partial charge on any atom is -0.396 e. The fourth-order valence-corrected chi connectivity index (χ4v) is 1.65. The number of nitrogens with zero attached hydrogens (tertiary/aromatic N) is 2. The van der Waals surface area contributed by atoms with Crippen molar-refractivity contribution in [2.75, 3.05) is 0 Å². The van der Waals surface area contributed by atoms with Gasteiger partial charge in [-0.1, -0.05) is 0 Å². The second kappa shape index (κ2) is 5.00. The van der Waals surface area contributed by atoms with Gasteiger partial charge in [-0.05, 0) is 32.5 Å². The highest BCUT2D eigenvalue weighted by Gasteiger charge is 2.37. The van der Waals surface area contributed by atoms with E-state index in [2.05, 4.69) is 9.72 Å². The third kappa shape index (κ3) is 3.39. The number of hydrogen-bond donors (Lipinski definition) is 1. The smallest absolute Gasteiger partial charge is 0.396 e. The number of alkyl halides is 3. The first-order valence-electron chi connectivity index (χ1n) is 4.04. The summed E-state index contributed by atoms with van der Waals surface area (Å²) in [5, 5.41) is 10.5. The van der Waals surface area contributed by atoms with Crippen LogP contribution in [0.25, 0.3) is 0 Å². The molecule has 94 valence electrons. The lowest BCUT2D eigenvalue weighted by Gasteiger charge is -2.12. The minimum atomic E-state index is -5.04. The molecule has 1 rings (SSSR count). The molecule has 0 aromatic carbocycles. The molecule has 0 aliphatic heterocycles. The molecular formula is C7H5F3IN3O3. The first-order valence-corrected chi connectivity index (χ1v) is 5.11. The lowest BCUT2D eigenvalue weighted by Crippen LogP contribution is -2.20. The summed E-state index contributed by atoms with van der Waals surface area (Å²) < 4.78 is 40.2. The van der Waals surface area contributed by atoms with Crippen molar-refractivity contribution in [3.8, 4) is 5.75 Å². The molecule has 1 heterocycles. The zero-order chi connectivity index (χ0) is 13.2. The lowest BCUT2D eigenvalue weighted by atomic mass is 10.2. The number of halogens is 4. The standard InChI is InChI=1S/C7H5F3IN3O3/c8-7(9,10)17-5-3(1-12)4(11)2-13-6(5)14(15)16/h2H,1,12H2. The first kappa shape index (κ1) is 13.9. The molecule has 0 fully saturated rings. The quantitative estimate of drug-likeness (QED) is 0.504. The summed E-state index contributed by atoms with van der Waals surface area (Å²) in [5.74, 6) is -1.97. The minimum absolute atomic E-state index is 0.107. The molecule has 0 amide bonds. The summed E-state index contributed by atoms with van der Waals surface area (Å²) in [7, 11) is 0. The normalized spacial score (nSPS) is 11.4. The highest BCUT2D eigenvalue weighted by Crippen LogP contribution is 2.35. The number of nitrogens with two attached hydrogens (primary N) is 1. The van der Waals surface area contributed by atoms with E-state index in [9.17, 15) is 23.3 Å². The van der Waals surface area contributed by atoms with Crippen molar-refractivity contribution in [2.45, 2.75) is 12.9 Å². The number of rotatable bonds is 3. The molecule has 0 radical (unpaired) electrons. The van der Waals surface area contributed by atoms with Gasteiger partial charge in [0.05, 0.1) is 3.57 Å². The summed E-state index contributed by atoms with van der Waals surface area (Å²) in [4.78, 5) is 12.8. The molecule has 6 nitrogen and oxygen atoms in total. The largest absolute Gasteiger partial charge is 0.573 e. The van der Waals surface area contributed by atoms with Gasteiger partial charge in [-0.25, -0.2) is 0 Å². The predicted octanol–water partition coefficient (Wildman–Crippen LogP) is 1.95. The van der Waals surface area contributed by atoms with Gasteiger partial charge in [0.15, 0.2) is 6.20 Å². The van der Waals surface area contributed by atoms with Crippen molar-refractivity contribution in [1.82, 2.24) is 4.98 Å². The van der Waals surface area contributed by atoms with Gasteiger partial charge in [0.2, 0.25) is 5.75 Å². The number of aromatic nitrogens is 1. The Hall–Kier alpha value is -1.17. The van der Waals surface area contributed by atoms with Crippen molar-refractivity contribution in [2.24, 2.45) is 5.73 Å². The molecule has 17 heavy (non-hydrogen) atoms. The van der Waals surface area contributed by atoms with Gasteiger partial charge in [0.1, 0.15) is 0 Å². The molecule has 0 saturated carbocycles. The van der Waals surface area contributed by atoms with Gasteiger partial charge in [-0.2, -0.15) is 0 Å². The Balaban J connectivity index is 3.39. The predicted molar refractivity (Wildman–Crippen MR) is 58.2 cm³/mol. The first-order chi connectivity index (χ1) is 7.76. The Kier molecular flexibility index (Phi) is 4.08. The number of ether oxygens (including phenoxy) is 1. The van der Waals surface area contributed by atoms with E-state index < -0.39 is 22.9 Å². The van der Waals surface area contributed by atoms with Crippen LogP contribution < -0.4 is 10.5 Å². The lowest BCUT2D eigenvalue weighted by molar-refractivity contribution is -0.393. The summed E-state index contributed by atoms with van der Waals surface area (Å²) >= 11 is 1.67. The van der Waals surface area contributed by atoms with E-state index in [0.29, 0.717) is 0 Å². The molecule has 0 unspecified atom stereocenters. The average Bonchev–Trinajstić information content (AvgIpc) is 2.15. The van der Waals surface area contributed by atoms with E-state index >= 15 is 0 Å². The Morgan fingerprint density at radius 3 is 2.59 bits per heavy atom.